The predicted molar refractivity (Wildman–Crippen MR) is 113 cm³/mol. The van der Waals surface area contributed by atoms with Crippen LogP contribution < -0.4 is 15.1 Å². The molecule has 1 aromatic carbocycles. The number of fused-ring (bicyclic) bond motifs is 1. The molecule has 7 heteroatoms. The first-order valence-corrected chi connectivity index (χ1v) is 10.3. The Hall–Kier alpha value is -2.67. The van der Waals surface area contributed by atoms with Crippen LogP contribution in [0.15, 0.2) is 24.4 Å². The van der Waals surface area contributed by atoms with Crippen molar-refractivity contribution in [2.75, 3.05) is 29.6 Å². The number of nitrogens with one attached hydrogen (secondary N) is 2. The summed E-state index contributed by atoms with van der Waals surface area (Å²) in [6.45, 7) is 5.37. The van der Waals surface area contributed by atoms with Crippen molar-refractivity contribution in [2.24, 2.45) is 5.92 Å². The van der Waals surface area contributed by atoms with Crippen LogP contribution in [-0.2, 0) is 14.3 Å². The first-order valence-electron chi connectivity index (χ1n) is 10.3. The van der Waals surface area contributed by atoms with Gasteiger partial charge in [0.1, 0.15) is 0 Å². The monoisotopic (exact) mass is 396 g/mol. The zero-order valence-electron chi connectivity index (χ0n) is 17.0. The van der Waals surface area contributed by atoms with Crippen molar-refractivity contribution in [2.45, 2.75) is 45.2 Å². The first kappa shape index (κ1) is 19.6. The highest BCUT2D eigenvalue weighted by Crippen LogP contribution is 2.40. The van der Waals surface area contributed by atoms with Gasteiger partial charge in [-0.1, -0.05) is 12.5 Å². The Morgan fingerprint density at radius 3 is 2.55 bits per heavy atom. The van der Waals surface area contributed by atoms with Gasteiger partial charge in [-0.2, -0.15) is 0 Å². The van der Waals surface area contributed by atoms with Gasteiger partial charge in [0.05, 0.1) is 36.7 Å². The lowest BCUT2D eigenvalue weighted by Gasteiger charge is -2.43. The number of allylic oxidation sites excluding steroid dienone is 1. The fourth-order valence-corrected chi connectivity index (χ4v) is 4.12. The maximum absolute atomic E-state index is 13.1. The number of amides is 2. The summed E-state index contributed by atoms with van der Waals surface area (Å²) in [6.07, 6.45) is 6.11. The summed E-state index contributed by atoms with van der Waals surface area (Å²) < 4.78 is 5.17. The van der Waals surface area contributed by atoms with Crippen LogP contribution in [0.1, 0.15) is 38.7 Å². The van der Waals surface area contributed by atoms with E-state index in [1.54, 1.807) is 11.8 Å². The Labute approximate surface area is 171 Å². The minimum absolute atomic E-state index is 0.0308. The number of benzene rings is 1. The molecule has 4 rings (SSSR count). The number of carbonyl (C=O) groups is 2. The minimum Gasteiger partial charge on any atom is -0.383 e. The Bertz CT molecular complexity index is 858. The average Bonchev–Trinajstić information content (AvgIpc) is 2.61. The van der Waals surface area contributed by atoms with Gasteiger partial charge in [0.15, 0.2) is 0 Å². The van der Waals surface area contributed by atoms with Crippen LogP contribution in [-0.4, -0.2) is 49.9 Å². The van der Waals surface area contributed by atoms with Crippen LogP contribution in [0.2, 0.25) is 0 Å². The van der Waals surface area contributed by atoms with E-state index in [-0.39, 0.29) is 29.8 Å². The fourth-order valence-electron chi connectivity index (χ4n) is 4.12. The summed E-state index contributed by atoms with van der Waals surface area (Å²) >= 11 is 0. The molecule has 1 atom stereocenters. The minimum atomic E-state index is -0.0760. The summed E-state index contributed by atoms with van der Waals surface area (Å²) in [5.74, 6) is 0.201. The van der Waals surface area contributed by atoms with Crippen molar-refractivity contribution in [1.29, 1.82) is 5.41 Å². The van der Waals surface area contributed by atoms with E-state index in [0.717, 1.165) is 41.8 Å². The number of hydrogen-bond donors (Lipinski definition) is 2. The summed E-state index contributed by atoms with van der Waals surface area (Å²) in [5, 5.41) is 11.1. The summed E-state index contributed by atoms with van der Waals surface area (Å²) in [7, 11) is 0. The van der Waals surface area contributed by atoms with Crippen LogP contribution in [0.3, 0.4) is 0 Å². The SMILES string of the molecule is CC(=O)N1c2ccc(/C(C=N)=C/NC3COC3)cc2N(C(=O)C2CCC2)CC1C. The van der Waals surface area contributed by atoms with Crippen LogP contribution in [0, 0.1) is 11.3 Å². The second-order valence-corrected chi connectivity index (χ2v) is 8.16. The van der Waals surface area contributed by atoms with E-state index in [4.69, 9.17) is 10.1 Å². The van der Waals surface area contributed by atoms with E-state index in [1.165, 1.54) is 6.21 Å². The number of hydrogen-bond acceptors (Lipinski definition) is 5. The van der Waals surface area contributed by atoms with Crippen molar-refractivity contribution in [3.8, 4) is 0 Å². The Morgan fingerprint density at radius 1 is 1.24 bits per heavy atom. The topological polar surface area (TPSA) is 85.7 Å². The molecule has 1 saturated heterocycles. The molecule has 29 heavy (non-hydrogen) atoms. The zero-order chi connectivity index (χ0) is 20.5. The number of carbonyl (C=O) groups excluding carboxylic acids is 2. The number of rotatable bonds is 5. The standard InChI is InChI=1S/C22H28N4O3/c1-14-11-25(22(28)16-4-3-5-16)21-8-17(6-7-20(21)26(14)15(2)27)18(9-23)10-24-19-12-29-13-19/h6-10,14,16,19,23-24H,3-5,11-13H2,1-2H3/b18-10+,23-9?. The molecule has 1 aliphatic carbocycles. The Balaban J connectivity index is 1.71. The van der Waals surface area contributed by atoms with Gasteiger partial charge in [-0.15, -0.1) is 0 Å². The summed E-state index contributed by atoms with van der Waals surface area (Å²) in [4.78, 5) is 29.0. The summed E-state index contributed by atoms with van der Waals surface area (Å²) in [5.41, 5.74) is 3.09. The van der Waals surface area contributed by atoms with Gasteiger partial charge in [-0.05, 0) is 37.5 Å². The molecule has 154 valence electrons. The van der Waals surface area contributed by atoms with Crippen molar-refractivity contribution < 1.29 is 14.3 Å². The number of anilines is 2. The van der Waals surface area contributed by atoms with Crippen molar-refractivity contribution in [1.82, 2.24) is 5.32 Å². The first-order chi connectivity index (χ1) is 14.0. The maximum Gasteiger partial charge on any atom is 0.230 e. The van der Waals surface area contributed by atoms with Gasteiger partial charge in [-0.25, -0.2) is 0 Å². The highest BCUT2D eigenvalue weighted by atomic mass is 16.5. The average molecular weight is 396 g/mol. The van der Waals surface area contributed by atoms with Crippen molar-refractivity contribution in [3.63, 3.8) is 0 Å². The smallest absolute Gasteiger partial charge is 0.230 e. The lowest BCUT2D eigenvalue weighted by molar-refractivity contribution is -0.125. The number of nitrogens with zero attached hydrogens (tertiary/aromatic N) is 2. The molecular formula is C22H28N4O3. The second kappa shape index (κ2) is 7.99. The molecule has 3 aliphatic rings. The number of ether oxygens (including phenoxy) is 1. The fraction of sp³-hybridized carbons (Fsp3) is 0.500. The van der Waals surface area contributed by atoms with Crippen LogP contribution in [0.5, 0.6) is 0 Å². The molecule has 2 N–H and O–H groups in total. The van der Waals surface area contributed by atoms with Gasteiger partial charge in [-0.3, -0.25) is 9.59 Å². The molecule has 1 saturated carbocycles. The lowest BCUT2D eigenvalue weighted by Crippen LogP contribution is -2.53. The molecule has 2 amide bonds. The zero-order valence-corrected chi connectivity index (χ0v) is 17.0. The Morgan fingerprint density at radius 2 is 2.00 bits per heavy atom. The third-order valence-electron chi connectivity index (χ3n) is 6.07. The van der Waals surface area contributed by atoms with Gasteiger partial charge >= 0.3 is 0 Å². The highest BCUT2D eigenvalue weighted by molar-refractivity contribution is 6.10. The van der Waals surface area contributed by atoms with E-state index in [1.807, 2.05) is 36.2 Å². The van der Waals surface area contributed by atoms with E-state index in [2.05, 4.69) is 5.32 Å². The molecule has 0 bridgehead atoms. The van der Waals surface area contributed by atoms with Gasteiger partial charge < -0.3 is 25.3 Å². The van der Waals surface area contributed by atoms with Crippen LogP contribution >= 0.6 is 0 Å². The quantitative estimate of drug-likeness (QED) is 0.749. The third-order valence-corrected chi connectivity index (χ3v) is 6.07. The Kier molecular flexibility index (Phi) is 5.41. The highest BCUT2D eigenvalue weighted by Gasteiger charge is 2.37. The molecule has 2 heterocycles. The molecule has 0 aromatic heterocycles. The van der Waals surface area contributed by atoms with E-state index in [9.17, 15) is 9.59 Å². The summed E-state index contributed by atoms with van der Waals surface area (Å²) in [6, 6.07) is 5.94. The molecular weight excluding hydrogens is 368 g/mol. The maximum atomic E-state index is 13.1. The van der Waals surface area contributed by atoms with Crippen molar-refractivity contribution in [3.05, 3.63) is 30.0 Å². The van der Waals surface area contributed by atoms with Gasteiger partial charge in [0, 0.05) is 37.4 Å². The third kappa shape index (κ3) is 3.67. The van der Waals surface area contributed by atoms with Crippen LogP contribution in [0.4, 0.5) is 11.4 Å². The normalized spacial score (nSPS) is 22.4. The van der Waals surface area contributed by atoms with Gasteiger partial charge in [0.2, 0.25) is 11.8 Å². The van der Waals surface area contributed by atoms with Gasteiger partial charge in [0.25, 0.3) is 0 Å². The lowest BCUT2D eigenvalue weighted by atomic mass is 9.84. The molecule has 0 spiro atoms. The second-order valence-electron chi connectivity index (χ2n) is 8.16. The molecule has 2 aliphatic heterocycles. The molecule has 7 nitrogen and oxygen atoms in total. The largest absolute Gasteiger partial charge is 0.383 e. The van der Waals surface area contributed by atoms with E-state index >= 15 is 0 Å². The van der Waals surface area contributed by atoms with E-state index in [0.29, 0.717) is 19.8 Å². The molecule has 1 unspecified atom stereocenters. The molecule has 0 radical (unpaired) electrons. The van der Waals surface area contributed by atoms with Crippen molar-refractivity contribution >= 4 is 35.0 Å². The molecule has 1 aromatic rings. The van der Waals surface area contributed by atoms with E-state index < -0.39 is 0 Å². The predicted octanol–water partition coefficient (Wildman–Crippen LogP) is 2.55. The van der Waals surface area contributed by atoms with Crippen LogP contribution in [0.25, 0.3) is 5.57 Å². The molecule has 2 fully saturated rings.